The van der Waals surface area contributed by atoms with Crippen molar-refractivity contribution in [3.63, 3.8) is 0 Å². The molecule has 0 radical (unpaired) electrons. The van der Waals surface area contributed by atoms with E-state index in [0.717, 1.165) is 0 Å². The minimum Gasteiger partial charge on any atom is -0.368 e. The van der Waals surface area contributed by atoms with E-state index in [4.69, 9.17) is 5.73 Å². The molecule has 16 heteroatoms. The van der Waals surface area contributed by atoms with Crippen molar-refractivity contribution in [3.05, 3.63) is 18.2 Å². The van der Waals surface area contributed by atoms with Gasteiger partial charge in [0.25, 0.3) is 0 Å². The van der Waals surface area contributed by atoms with Crippen LogP contribution in [0.1, 0.15) is 33.4 Å². The van der Waals surface area contributed by atoms with Gasteiger partial charge in [-0.1, -0.05) is 13.8 Å². The Morgan fingerprint density at radius 1 is 0.842 bits per heavy atom. The van der Waals surface area contributed by atoms with Gasteiger partial charge in [-0.05, 0) is 12.8 Å². The molecule has 0 aromatic carbocycles. The van der Waals surface area contributed by atoms with Gasteiger partial charge in [0.15, 0.2) is 0 Å². The number of amides is 6. The smallest absolute Gasteiger partial charge is 0.244 e. The summed E-state index contributed by atoms with van der Waals surface area (Å²) in [5.74, 6) is -4.25. The van der Waals surface area contributed by atoms with Crippen molar-refractivity contribution in [3.8, 4) is 0 Å². The van der Waals surface area contributed by atoms with Crippen molar-refractivity contribution in [1.82, 2.24) is 36.6 Å². The zero-order chi connectivity index (χ0) is 29.0. The molecule has 0 bridgehead atoms. The quantitative estimate of drug-likeness (QED) is 0.102. The van der Waals surface area contributed by atoms with Crippen molar-refractivity contribution in [2.45, 2.75) is 64.3 Å². The zero-order valence-electron chi connectivity index (χ0n) is 21.6. The Hall–Kier alpha value is -3.27. The van der Waals surface area contributed by atoms with Crippen LogP contribution in [0.2, 0.25) is 0 Å². The minimum absolute atomic E-state index is 0.00883. The number of nitrogens with one attached hydrogen (secondary N) is 6. The number of primary amides is 1. The summed E-state index contributed by atoms with van der Waals surface area (Å²) in [7, 11) is 0. The predicted octanol–water partition coefficient (Wildman–Crippen LogP) is -2.58. The number of carbonyl (C=O) groups is 6. The van der Waals surface area contributed by atoms with Crippen LogP contribution in [0, 0.1) is 5.92 Å². The van der Waals surface area contributed by atoms with Gasteiger partial charge in [0.1, 0.15) is 30.2 Å². The van der Waals surface area contributed by atoms with Gasteiger partial charge in [0.05, 0.1) is 6.33 Å². The molecule has 0 aliphatic heterocycles. The summed E-state index contributed by atoms with van der Waals surface area (Å²) in [6.45, 7) is 6.04. The highest BCUT2D eigenvalue weighted by atomic mass is 32.1. The number of hydrogen-bond donors (Lipinski definition) is 9. The normalized spacial score (nSPS) is 14.8. The fourth-order valence-corrected chi connectivity index (χ4v) is 3.73. The third-order valence-corrected chi connectivity index (χ3v) is 6.06. The maximum absolute atomic E-state index is 13.1. The number of H-pyrrole nitrogens is 1. The topological polar surface area (TPSA) is 217 Å². The first kappa shape index (κ1) is 32.8. The van der Waals surface area contributed by atoms with Crippen molar-refractivity contribution in [1.29, 1.82) is 0 Å². The van der Waals surface area contributed by atoms with Gasteiger partial charge in [-0.15, -0.1) is 0 Å². The van der Waals surface area contributed by atoms with Crippen LogP contribution >= 0.6 is 25.3 Å². The molecule has 8 N–H and O–H groups in total. The van der Waals surface area contributed by atoms with E-state index in [1.165, 1.54) is 26.4 Å². The Morgan fingerprint density at radius 2 is 1.42 bits per heavy atom. The van der Waals surface area contributed by atoms with Gasteiger partial charge in [-0.3, -0.25) is 28.8 Å². The van der Waals surface area contributed by atoms with Crippen molar-refractivity contribution in [2.75, 3.05) is 11.5 Å². The van der Waals surface area contributed by atoms with Gasteiger partial charge >= 0.3 is 0 Å². The van der Waals surface area contributed by atoms with Crippen molar-refractivity contribution < 1.29 is 28.8 Å². The number of hydrogen-bond acceptors (Lipinski definition) is 9. The first-order chi connectivity index (χ1) is 17.8. The number of aromatic nitrogens is 2. The summed E-state index contributed by atoms with van der Waals surface area (Å²) in [5.41, 5.74) is 5.78. The fraction of sp³-hybridized carbons (Fsp3) is 0.591. The lowest BCUT2D eigenvalue weighted by Crippen LogP contribution is -2.59. The van der Waals surface area contributed by atoms with Crippen LogP contribution in [-0.2, 0) is 35.2 Å². The van der Waals surface area contributed by atoms with Crippen LogP contribution < -0.4 is 32.3 Å². The molecule has 14 nitrogen and oxygen atoms in total. The molecule has 1 rings (SSSR count). The van der Waals surface area contributed by atoms with Gasteiger partial charge < -0.3 is 37.3 Å². The molecule has 6 amide bonds. The van der Waals surface area contributed by atoms with Crippen LogP contribution in [0.25, 0.3) is 0 Å². The summed E-state index contributed by atoms with van der Waals surface area (Å²) in [6.07, 6.45) is 2.90. The predicted molar refractivity (Wildman–Crippen MR) is 145 cm³/mol. The highest BCUT2D eigenvalue weighted by molar-refractivity contribution is 7.80. The molecule has 1 heterocycles. The number of imidazole rings is 1. The molecule has 0 spiro atoms. The molecule has 0 aliphatic carbocycles. The van der Waals surface area contributed by atoms with Crippen molar-refractivity contribution in [2.24, 2.45) is 11.7 Å². The summed E-state index contributed by atoms with van der Waals surface area (Å²) >= 11 is 8.06. The zero-order valence-corrected chi connectivity index (χ0v) is 23.4. The standard InChI is InChI=1S/C22H36N8O6S2/c1-10(2)17(22(36)29-15(7-37)18(23)32)30-19(33)11(3)26-20(34)14(5-13-6-24-9-25-13)28-21(35)16(8-38)27-12(4)31/h6,9-11,14-17,37-38H,5,7-8H2,1-4H3,(H2,23,32)(H,24,25)(H,26,34)(H,27,31)(H,28,35)(H,29,36)(H,30,33)/t11-,14-,15-,16-,17-/m0/s1. The molecule has 0 unspecified atom stereocenters. The van der Waals surface area contributed by atoms with E-state index >= 15 is 0 Å². The van der Waals surface area contributed by atoms with E-state index in [1.807, 2.05) is 0 Å². The Bertz CT molecular complexity index is 990. The monoisotopic (exact) mass is 572 g/mol. The van der Waals surface area contributed by atoms with Gasteiger partial charge in [0, 0.05) is 36.7 Å². The molecule has 1 aromatic heterocycles. The third-order valence-electron chi connectivity index (χ3n) is 5.33. The van der Waals surface area contributed by atoms with E-state index < -0.39 is 65.7 Å². The van der Waals surface area contributed by atoms with Gasteiger partial charge in [-0.2, -0.15) is 25.3 Å². The number of aromatic amines is 1. The van der Waals surface area contributed by atoms with Crippen LogP contribution in [0.3, 0.4) is 0 Å². The SMILES string of the molecule is CC(=O)N[C@@H](CS)C(=O)N[C@@H](Cc1cnc[nH]1)C(=O)N[C@@H](C)C(=O)N[C@H](C(=O)N[C@@H](CS)C(N)=O)C(C)C. The highest BCUT2D eigenvalue weighted by Crippen LogP contribution is 2.05. The lowest BCUT2D eigenvalue weighted by atomic mass is 10.0. The molecule has 0 fully saturated rings. The molecular formula is C22H36N8O6S2. The van der Waals surface area contributed by atoms with Crippen molar-refractivity contribution >= 4 is 60.7 Å². The van der Waals surface area contributed by atoms with E-state index in [0.29, 0.717) is 5.69 Å². The number of rotatable bonds is 15. The lowest BCUT2D eigenvalue weighted by molar-refractivity contribution is -0.135. The second-order valence-corrected chi connectivity index (χ2v) is 9.61. The average molecular weight is 573 g/mol. The average Bonchev–Trinajstić information content (AvgIpc) is 3.35. The Kier molecular flexibility index (Phi) is 13.7. The van der Waals surface area contributed by atoms with E-state index in [2.05, 4.69) is 61.8 Å². The van der Waals surface area contributed by atoms with E-state index in [1.54, 1.807) is 13.8 Å². The van der Waals surface area contributed by atoms with E-state index in [9.17, 15) is 28.8 Å². The minimum atomic E-state index is -1.13. The molecule has 0 saturated heterocycles. The Balaban J connectivity index is 2.95. The fourth-order valence-electron chi connectivity index (χ4n) is 3.20. The maximum Gasteiger partial charge on any atom is 0.244 e. The molecule has 5 atom stereocenters. The number of thiol groups is 2. The van der Waals surface area contributed by atoms with Crippen LogP contribution in [-0.4, -0.2) is 87.1 Å². The summed E-state index contributed by atoms with van der Waals surface area (Å²) in [5, 5.41) is 12.5. The summed E-state index contributed by atoms with van der Waals surface area (Å²) in [6, 6.07) is -5.28. The summed E-state index contributed by atoms with van der Waals surface area (Å²) < 4.78 is 0. The molecular weight excluding hydrogens is 536 g/mol. The number of nitrogens with zero attached hydrogens (tertiary/aromatic N) is 1. The first-order valence-corrected chi connectivity index (χ1v) is 13.0. The Labute approximate surface area is 231 Å². The lowest BCUT2D eigenvalue weighted by Gasteiger charge is -2.26. The number of carbonyl (C=O) groups excluding carboxylic acids is 6. The second-order valence-electron chi connectivity index (χ2n) is 8.88. The first-order valence-electron chi connectivity index (χ1n) is 11.8. The number of nitrogens with two attached hydrogens (primary N) is 1. The molecule has 1 aromatic rings. The summed E-state index contributed by atoms with van der Waals surface area (Å²) in [4.78, 5) is 80.8. The van der Waals surface area contributed by atoms with Gasteiger partial charge in [0.2, 0.25) is 35.4 Å². The molecule has 38 heavy (non-hydrogen) atoms. The second kappa shape index (κ2) is 15.9. The largest absolute Gasteiger partial charge is 0.368 e. The van der Waals surface area contributed by atoms with Crippen LogP contribution in [0.5, 0.6) is 0 Å². The van der Waals surface area contributed by atoms with E-state index in [-0.39, 0.29) is 23.8 Å². The van der Waals surface area contributed by atoms with Crippen LogP contribution in [0.15, 0.2) is 12.5 Å². The van der Waals surface area contributed by atoms with Gasteiger partial charge in [-0.25, -0.2) is 4.98 Å². The molecule has 212 valence electrons. The highest BCUT2D eigenvalue weighted by Gasteiger charge is 2.31. The molecule has 0 saturated carbocycles. The maximum atomic E-state index is 13.1. The molecule has 0 aliphatic rings. The van der Waals surface area contributed by atoms with Crippen LogP contribution in [0.4, 0.5) is 0 Å². The Morgan fingerprint density at radius 3 is 1.89 bits per heavy atom. The third kappa shape index (κ3) is 10.6.